The topological polar surface area (TPSA) is 65.2 Å². The van der Waals surface area contributed by atoms with Crippen LogP contribution in [0.25, 0.3) is 0 Å². The second-order valence-electron chi connectivity index (χ2n) is 3.42. The maximum atomic E-state index is 11.5. The Morgan fingerprint density at radius 2 is 2.33 bits per heavy atom. The first-order valence-corrected chi connectivity index (χ1v) is 5.75. The third kappa shape index (κ3) is 3.28. The fourth-order valence-corrected chi connectivity index (χ4v) is 2.30. The van der Waals surface area contributed by atoms with Gasteiger partial charge in [-0.1, -0.05) is 0 Å². The normalized spacial score (nSPS) is 12.5. The van der Waals surface area contributed by atoms with Crippen LogP contribution >= 0.6 is 11.3 Å². The van der Waals surface area contributed by atoms with Crippen molar-refractivity contribution in [2.75, 3.05) is 6.61 Å². The van der Waals surface area contributed by atoms with Gasteiger partial charge in [-0.25, -0.2) is 9.78 Å². The van der Waals surface area contributed by atoms with Crippen LogP contribution in [0.1, 0.15) is 34.2 Å². The fraction of sp³-hybridized carbons (Fsp3) is 0.600. The van der Waals surface area contributed by atoms with Crippen molar-refractivity contribution in [1.82, 2.24) is 4.98 Å². The summed E-state index contributed by atoms with van der Waals surface area (Å²) in [6.07, 6.45) is 0.699. The molecular weight excluding hydrogens is 212 g/mol. The summed E-state index contributed by atoms with van der Waals surface area (Å²) in [7, 11) is 0. The van der Waals surface area contributed by atoms with Crippen molar-refractivity contribution >= 4 is 17.3 Å². The molecule has 0 saturated heterocycles. The molecule has 0 amide bonds. The molecule has 0 radical (unpaired) electrons. The number of carbonyl (C=O) groups is 1. The summed E-state index contributed by atoms with van der Waals surface area (Å²) in [4.78, 5) is 16.4. The van der Waals surface area contributed by atoms with E-state index in [2.05, 4.69) is 4.98 Å². The van der Waals surface area contributed by atoms with E-state index < -0.39 is 0 Å². The van der Waals surface area contributed by atoms with Crippen molar-refractivity contribution in [2.24, 2.45) is 5.73 Å². The second kappa shape index (κ2) is 5.23. The van der Waals surface area contributed by atoms with E-state index in [-0.39, 0.29) is 12.0 Å². The molecule has 0 spiro atoms. The number of aryl methyl sites for hydroxylation is 1. The lowest BCUT2D eigenvalue weighted by Gasteiger charge is -1.99. The van der Waals surface area contributed by atoms with Crippen molar-refractivity contribution in [3.05, 3.63) is 15.6 Å². The van der Waals surface area contributed by atoms with Gasteiger partial charge in [-0.05, 0) is 20.8 Å². The Kier molecular flexibility index (Phi) is 4.23. The highest BCUT2D eigenvalue weighted by atomic mass is 32.1. The lowest BCUT2D eigenvalue weighted by atomic mass is 10.3. The predicted molar refractivity (Wildman–Crippen MR) is 60.2 cm³/mol. The number of carbonyl (C=O) groups excluding carboxylic acids is 1. The molecule has 1 heterocycles. The zero-order valence-corrected chi connectivity index (χ0v) is 10.1. The number of ether oxygens (including phenoxy) is 1. The van der Waals surface area contributed by atoms with E-state index in [0.29, 0.717) is 17.9 Å². The van der Waals surface area contributed by atoms with E-state index >= 15 is 0 Å². The van der Waals surface area contributed by atoms with E-state index in [1.807, 2.05) is 13.8 Å². The van der Waals surface area contributed by atoms with Gasteiger partial charge in [-0.2, -0.15) is 0 Å². The SMILES string of the molecule is CCOC(=O)c1sc(CC(C)N)nc1C. The van der Waals surface area contributed by atoms with Crippen molar-refractivity contribution in [3.8, 4) is 0 Å². The number of nitrogens with two attached hydrogens (primary N) is 1. The summed E-state index contributed by atoms with van der Waals surface area (Å²) in [5.74, 6) is -0.288. The van der Waals surface area contributed by atoms with Crippen LogP contribution in [0.4, 0.5) is 0 Å². The minimum atomic E-state index is -0.288. The number of hydrogen-bond acceptors (Lipinski definition) is 5. The molecule has 1 rings (SSSR count). The van der Waals surface area contributed by atoms with Gasteiger partial charge >= 0.3 is 5.97 Å². The molecule has 0 aliphatic carbocycles. The van der Waals surface area contributed by atoms with Crippen LogP contribution in [0.2, 0.25) is 0 Å². The average molecular weight is 228 g/mol. The molecule has 1 unspecified atom stereocenters. The summed E-state index contributed by atoms with van der Waals surface area (Å²) in [6.45, 7) is 5.91. The molecule has 1 atom stereocenters. The van der Waals surface area contributed by atoms with E-state index in [1.165, 1.54) is 11.3 Å². The van der Waals surface area contributed by atoms with Crippen molar-refractivity contribution in [2.45, 2.75) is 33.2 Å². The van der Waals surface area contributed by atoms with Crippen LogP contribution in [0, 0.1) is 6.92 Å². The van der Waals surface area contributed by atoms with Gasteiger partial charge in [0.1, 0.15) is 4.88 Å². The summed E-state index contributed by atoms with van der Waals surface area (Å²) in [5, 5.41) is 0.894. The molecule has 1 aromatic heterocycles. The Hall–Kier alpha value is -0.940. The molecule has 0 aliphatic rings. The average Bonchev–Trinajstić information content (AvgIpc) is 2.46. The van der Waals surface area contributed by atoms with Gasteiger partial charge in [-0.3, -0.25) is 0 Å². The number of rotatable bonds is 4. The minimum absolute atomic E-state index is 0.0607. The first-order chi connectivity index (χ1) is 7.04. The quantitative estimate of drug-likeness (QED) is 0.793. The molecule has 5 heteroatoms. The number of aromatic nitrogens is 1. The number of hydrogen-bond donors (Lipinski definition) is 1. The standard InChI is InChI=1S/C10H16N2O2S/c1-4-14-10(13)9-7(3)12-8(15-9)5-6(2)11/h6H,4-5,11H2,1-3H3. The van der Waals surface area contributed by atoms with Gasteiger partial charge in [0, 0.05) is 12.5 Å². The summed E-state index contributed by atoms with van der Waals surface area (Å²) >= 11 is 1.37. The van der Waals surface area contributed by atoms with Gasteiger partial charge in [-0.15, -0.1) is 11.3 Å². The lowest BCUT2D eigenvalue weighted by Crippen LogP contribution is -2.17. The van der Waals surface area contributed by atoms with Crippen LogP contribution in [0.15, 0.2) is 0 Å². The first-order valence-electron chi connectivity index (χ1n) is 4.93. The number of nitrogens with zero attached hydrogens (tertiary/aromatic N) is 1. The molecule has 2 N–H and O–H groups in total. The molecule has 0 fully saturated rings. The molecule has 0 aromatic carbocycles. The Labute approximate surface area is 93.5 Å². The summed E-state index contributed by atoms with van der Waals surface area (Å²) in [5.41, 5.74) is 6.40. The van der Waals surface area contributed by atoms with Gasteiger partial charge < -0.3 is 10.5 Å². The first kappa shape index (κ1) is 12.1. The van der Waals surface area contributed by atoms with E-state index in [4.69, 9.17) is 10.5 Å². The number of esters is 1. The Morgan fingerprint density at radius 3 is 2.87 bits per heavy atom. The lowest BCUT2D eigenvalue weighted by molar-refractivity contribution is 0.0531. The van der Waals surface area contributed by atoms with Crippen LogP contribution in [0.5, 0.6) is 0 Å². The van der Waals surface area contributed by atoms with Crippen LogP contribution in [0.3, 0.4) is 0 Å². The van der Waals surface area contributed by atoms with Gasteiger partial charge in [0.05, 0.1) is 17.3 Å². The summed E-state index contributed by atoms with van der Waals surface area (Å²) < 4.78 is 4.93. The third-order valence-corrected chi connectivity index (χ3v) is 2.96. The molecule has 15 heavy (non-hydrogen) atoms. The molecule has 0 saturated carbocycles. The molecule has 4 nitrogen and oxygen atoms in total. The van der Waals surface area contributed by atoms with Crippen molar-refractivity contribution in [1.29, 1.82) is 0 Å². The van der Waals surface area contributed by atoms with Crippen LogP contribution < -0.4 is 5.73 Å². The Bertz CT molecular complexity index is 347. The monoisotopic (exact) mass is 228 g/mol. The maximum absolute atomic E-state index is 11.5. The highest BCUT2D eigenvalue weighted by molar-refractivity contribution is 7.13. The van der Waals surface area contributed by atoms with Crippen LogP contribution in [-0.4, -0.2) is 23.6 Å². The van der Waals surface area contributed by atoms with Crippen LogP contribution in [-0.2, 0) is 11.2 Å². The predicted octanol–water partition coefficient (Wildman–Crippen LogP) is 1.52. The zero-order chi connectivity index (χ0) is 11.4. The smallest absolute Gasteiger partial charge is 0.350 e. The number of thiazole rings is 1. The second-order valence-corrected chi connectivity index (χ2v) is 4.51. The molecule has 84 valence electrons. The highest BCUT2D eigenvalue weighted by Crippen LogP contribution is 2.20. The summed E-state index contributed by atoms with van der Waals surface area (Å²) in [6, 6.07) is 0.0607. The van der Waals surface area contributed by atoms with Crippen molar-refractivity contribution < 1.29 is 9.53 Å². The fourth-order valence-electron chi connectivity index (χ4n) is 1.20. The Morgan fingerprint density at radius 1 is 1.67 bits per heavy atom. The van der Waals surface area contributed by atoms with Gasteiger partial charge in [0.15, 0.2) is 0 Å². The van der Waals surface area contributed by atoms with Gasteiger partial charge in [0.2, 0.25) is 0 Å². The van der Waals surface area contributed by atoms with E-state index in [9.17, 15) is 4.79 Å². The largest absolute Gasteiger partial charge is 0.462 e. The molecule has 1 aromatic rings. The third-order valence-electron chi connectivity index (χ3n) is 1.80. The molecule has 0 bridgehead atoms. The zero-order valence-electron chi connectivity index (χ0n) is 9.24. The maximum Gasteiger partial charge on any atom is 0.350 e. The molecule has 0 aliphatic heterocycles. The van der Waals surface area contributed by atoms with E-state index in [1.54, 1.807) is 6.92 Å². The minimum Gasteiger partial charge on any atom is -0.462 e. The van der Waals surface area contributed by atoms with Gasteiger partial charge in [0.25, 0.3) is 0 Å². The highest BCUT2D eigenvalue weighted by Gasteiger charge is 2.16. The van der Waals surface area contributed by atoms with Crippen molar-refractivity contribution in [3.63, 3.8) is 0 Å². The molecular formula is C10H16N2O2S. The van der Waals surface area contributed by atoms with E-state index in [0.717, 1.165) is 10.7 Å². The Balaban J connectivity index is 2.81.